The van der Waals surface area contributed by atoms with Gasteiger partial charge in [0.25, 0.3) is 0 Å². The number of ether oxygens (including phenoxy) is 1. The number of aromatic nitrogens is 1. The number of nitrogens with one attached hydrogen (secondary N) is 2. The number of hydrogen-bond acceptors (Lipinski definition) is 5. The first kappa shape index (κ1) is 20.3. The topological polar surface area (TPSA) is 66.5 Å². The fraction of sp³-hybridized carbons (Fsp3) is 0.455. The van der Waals surface area contributed by atoms with Gasteiger partial charge in [-0.2, -0.15) is 0 Å². The zero-order valence-corrected chi connectivity index (χ0v) is 16.7. The van der Waals surface area contributed by atoms with Crippen LogP contribution in [0, 0.1) is 0 Å². The zero-order chi connectivity index (χ0) is 19.8. The van der Waals surface area contributed by atoms with E-state index in [4.69, 9.17) is 4.74 Å². The fourth-order valence-electron chi connectivity index (χ4n) is 3.39. The minimum Gasteiger partial charge on any atom is -0.492 e. The van der Waals surface area contributed by atoms with Crippen molar-refractivity contribution in [3.05, 3.63) is 59.9 Å². The second kappa shape index (κ2) is 10.2. The molecule has 1 aliphatic rings. The lowest BCUT2D eigenvalue weighted by Crippen LogP contribution is -2.49. The van der Waals surface area contributed by atoms with Crippen LogP contribution in [0.5, 0.6) is 5.75 Å². The van der Waals surface area contributed by atoms with Gasteiger partial charge in [-0.25, -0.2) is 0 Å². The molecule has 1 aliphatic heterocycles. The van der Waals surface area contributed by atoms with Gasteiger partial charge in [0.15, 0.2) is 0 Å². The van der Waals surface area contributed by atoms with E-state index in [0.29, 0.717) is 25.6 Å². The molecule has 0 spiro atoms. The maximum atomic E-state index is 12.4. The van der Waals surface area contributed by atoms with Gasteiger partial charge in [-0.1, -0.05) is 32.0 Å². The van der Waals surface area contributed by atoms with Crippen LogP contribution < -0.4 is 15.4 Å². The standard InChI is InChI=1S/C22H30N4O2/c1-17(2)18-5-7-20(8-6-18)28-13-11-25-22(27)16-26-12-10-24-15-21(26)19-4-3-9-23-14-19/h3-9,14,17,21,24H,10-13,15-16H2,1-2H3,(H,25,27). The third kappa shape index (κ3) is 5.78. The highest BCUT2D eigenvalue weighted by molar-refractivity contribution is 5.78. The molecule has 1 fully saturated rings. The molecule has 1 unspecified atom stereocenters. The average molecular weight is 383 g/mol. The molecule has 0 radical (unpaired) electrons. The van der Waals surface area contributed by atoms with Gasteiger partial charge in [0.05, 0.1) is 13.1 Å². The lowest BCUT2D eigenvalue weighted by molar-refractivity contribution is -0.123. The fourth-order valence-corrected chi connectivity index (χ4v) is 3.39. The highest BCUT2D eigenvalue weighted by atomic mass is 16.5. The van der Waals surface area contributed by atoms with E-state index in [2.05, 4.69) is 52.6 Å². The summed E-state index contributed by atoms with van der Waals surface area (Å²) in [4.78, 5) is 18.8. The molecule has 1 saturated heterocycles. The third-order valence-corrected chi connectivity index (χ3v) is 5.01. The first-order valence-electron chi connectivity index (χ1n) is 9.97. The van der Waals surface area contributed by atoms with E-state index in [1.807, 2.05) is 24.4 Å². The maximum Gasteiger partial charge on any atom is 0.234 e. The molecule has 1 amide bonds. The Morgan fingerprint density at radius 3 is 2.86 bits per heavy atom. The Bertz CT molecular complexity index is 734. The number of pyridine rings is 1. The van der Waals surface area contributed by atoms with Crippen molar-refractivity contribution in [2.75, 3.05) is 39.3 Å². The van der Waals surface area contributed by atoms with Gasteiger partial charge < -0.3 is 15.4 Å². The number of rotatable bonds is 8. The molecule has 6 nitrogen and oxygen atoms in total. The Morgan fingerprint density at radius 1 is 1.32 bits per heavy atom. The number of carbonyl (C=O) groups is 1. The second-order valence-corrected chi connectivity index (χ2v) is 7.40. The van der Waals surface area contributed by atoms with E-state index < -0.39 is 0 Å². The quantitative estimate of drug-likeness (QED) is 0.686. The van der Waals surface area contributed by atoms with Crippen LogP contribution in [-0.2, 0) is 4.79 Å². The van der Waals surface area contributed by atoms with Crippen molar-refractivity contribution < 1.29 is 9.53 Å². The van der Waals surface area contributed by atoms with Gasteiger partial charge in [-0.15, -0.1) is 0 Å². The third-order valence-electron chi connectivity index (χ3n) is 5.01. The van der Waals surface area contributed by atoms with Crippen LogP contribution in [0.25, 0.3) is 0 Å². The molecule has 0 saturated carbocycles. The van der Waals surface area contributed by atoms with Crippen LogP contribution in [-0.4, -0.2) is 55.1 Å². The van der Waals surface area contributed by atoms with Crippen LogP contribution in [0.1, 0.15) is 36.9 Å². The number of nitrogens with zero attached hydrogens (tertiary/aromatic N) is 2. The molecule has 150 valence electrons. The number of benzene rings is 1. The summed E-state index contributed by atoms with van der Waals surface area (Å²) < 4.78 is 5.72. The largest absolute Gasteiger partial charge is 0.492 e. The SMILES string of the molecule is CC(C)c1ccc(OCCNC(=O)CN2CCNCC2c2cccnc2)cc1. The molecule has 2 N–H and O–H groups in total. The Balaban J connectivity index is 1.42. The molecule has 2 aromatic rings. The monoisotopic (exact) mass is 382 g/mol. The van der Waals surface area contributed by atoms with Gasteiger partial charge in [0.2, 0.25) is 5.91 Å². The van der Waals surface area contributed by atoms with E-state index in [0.717, 1.165) is 30.9 Å². The summed E-state index contributed by atoms with van der Waals surface area (Å²) in [5.74, 6) is 1.36. The molecular formula is C22H30N4O2. The average Bonchev–Trinajstić information content (AvgIpc) is 2.72. The molecule has 1 atom stereocenters. The highest BCUT2D eigenvalue weighted by Crippen LogP contribution is 2.21. The Morgan fingerprint density at radius 2 is 2.14 bits per heavy atom. The summed E-state index contributed by atoms with van der Waals surface area (Å²) in [5, 5.41) is 6.36. The van der Waals surface area contributed by atoms with E-state index in [9.17, 15) is 4.79 Å². The van der Waals surface area contributed by atoms with Crippen molar-refractivity contribution >= 4 is 5.91 Å². The van der Waals surface area contributed by atoms with Crippen LogP contribution in [0.15, 0.2) is 48.8 Å². The number of carbonyl (C=O) groups excluding carboxylic acids is 1. The van der Waals surface area contributed by atoms with E-state index in [1.54, 1.807) is 6.20 Å². The number of amides is 1. The molecule has 28 heavy (non-hydrogen) atoms. The Kier molecular flexibility index (Phi) is 7.39. The Labute approximate surface area is 167 Å². The highest BCUT2D eigenvalue weighted by Gasteiger charge is 2.25. The molecular weight excluding hydrogens is 352 g/mol. The summed E-state index contributed by atoms with van der Waals surface area (Å²) in [6.45, 7) is 8.23. The van der Waals surface area contributed by atoms with Crippen molar-refractivity contribution in [2.45, 2.75) is 25.8 Å². The lowest BCUT2D eigenvalue weighted by Gasteiger charge is -2.35. The van der Waals surface area contributed by atoms with Crippen molar-refractivity contribution in [3.8, 4) is 5.75 Å². The van der Waals surface area contributed by atoms with Crippen LogP contribution >= 0.6 is 0 Å². The molecule has 3 rings (SSSR count). The van der Waals surface area contributed by atoms with Crippen molar-refractivity contribution in [1.82, 2.24) is 20.5 Å². The van der Waals surface area contributed by atoms with Crippen LogP contribution in [0.4, 0.5) is 0 Å². The first-order valence-corrected chi connectivity index (χ1v) is 9.97. The zero-order valence-electron chi connectivity index (χ0n) is 16.7. The summed E-state index contributed by atoms with van der Waals surface area (Å²) in [6, 6.07) is 12.3. The van der Waals surface area contributed by atoms with Gasteiger partial charge in [0.1, 0.15) is 12.4 Å². The van der Waals surface area contributed by atoms with E-state index >= 15 is 0 Å². The van der Waals surface area contributed by atoms with Crippen LogP contribution in [0.3, 0.4) is 0 Å². The molecule has 0 aliphatic carbocycles. The summed E-state index contributed by atoms with van der Waals surface area (Å²) in [7, 11) is 0. The number of piperazine rings is 1. The summed E-state index contributed by atoms with van der Waals surface area (Å²) >= 11 is 0. The smallest absolute Gasteiger partial charge is 0.234 e. The van der Waals surface area contributed by atoms with Crippen molar-refractivity contribution in [1.29, 1.82) is 0 Å². The van der Waals surface area contributed by atoms with Crippen molar-refractivity contribution in [2.24, 2.45) is 0 Å². The second-order valence-electron chi connectivity index (χ2n) is 7.40. The molecule has 2 heterocycles. The summed E-state index contributed by atoms with van der Waals surface area (Å²) in [5.41, 5.74) is 2.43. The molecule has 6 heteroatoms. The molecule has 1 aromatic heterocycles. The molecule has 1 aromatic carbocycles. The minimum atomic E-state index is 0.0227. The minimum absolute atomic E-state index is 0.0227. The van der Waals surface area contributed by atoms with Crippen LogP contribution in [0.2, 0.25) is 0 Å². The normalized spacial score (nSPS) is 17.5. The molecule has 0 bridgehead atoms. The maximum absolute atomic E-state index is 12.4. The van der Waals surface area contributed by atoms with Crippen molar-refractivity contribution in [3.63, 3.8) is 0 Å². The lowest BCUT2D eigenvalue weighted by atomic mass is 10.0. The predicted molar refractivity (Wildman–Crippen MR) is 110 cm³/mol. The summed E-state index contributed by atoms with van der Waals surface area (Å²) in [6.07, 6.45) is 3.65. The van der Waals surface area contributed by atoms with Gasteiger partial charge in [-0.3, -0.25) is 14.7 Å². The van der Waals surface area contributed by atoms with Gasteiger partial charge in [0, 0.05) is 38.1 Å². The predicted octanol–water partition coefficient (Wildman–Crippen LogP) is 2.35. The van der Waals surface area contributed by atoms with E-state index in [1.165, 1.54) is 5.56 Å². The first-order chi connectivity index (χ1) is 13.6. The number of hydrogen-bond donors (Lipinski definition) is 2. The van der Waals surface area contributed by atoms with Gasteiger partial charge >= 0.3 is 0 Å². The van der Waals surface area contributed by atoms with E-state index in [-0.39, 0.29) is 11.9 Å². The van der Waals surface area contributed by atoms with Gasteiger partial charge in [-0.05, 0) is 35.2 Å². The Hall–Kier alpha value is -2.44.